The molecule has 33 heavy (non-hydrogen) atoms. The van der Waals surface area contributed by atoms with Crippen molar-refractivity contribution in [3.8, 4) is 11.3 Å². The van der Waals surface area contributed by atoms with Crippen molar-refractivity contribution in [1.29, 1.82) is 0 Å². The Morgan fingerprint density at radius 3 is 2.58 bits per heavy atom. The minimum absolute atomic E-state index is 0.00868. The number of rotatable bonds is 6. The molecule has 162 valence electrons. The lowest BCUT2D eigenvalue weighted by atomic mass is 10.1. The topological polar surface area (TPSA) is 118 Å². The van der Waals surface area contributed by atoms with E-state index in [1.807, 2.05) is 30.3 Å². The van der Waals surface area contributed by atoms with Gasteiger partial charge >= 0.3 is 0 Å². The molecule has 1 aliphatic heterocycles. The molecular weight excluding hydrogens is 424 g/mol. The Morgan fingerprint density at radius 1 is 1.06 bits per heavy atom. The minimum Gasteiger partial charge on any atom is -0.455 e. The van der Waals surface area contributed by atoms with Crippen LogP contribution in [0.25, 0.3) is 22.1 Å². The lowest BCUT2D eigenvalue weighted by Crippen LogP contribution is -2.37. The van der Waals surface area contributed by atoms with Gasteiger partial charge in [-0.25, -0.2) is 5.43 Å². The van der Waals surface area contributed by atoms with Crippen LogP contribution in [0.5, 0.6) is 0 Å². The van der Waals surface area contributed by atoms with E-state index in [0.717, 1.165) is 10.8 Å². The number of nitro benzene ring substituents is 1. The van der Waals surface area contributed by atoms with Gasteiger partial charge in [-0.15, -0.1) is 0 Å². The highest BCUT2D eigenvalue weighted by Gasteiger charge is 2.30. The van der Waals surface area contributed by atoms with Gasteiger partial charge in [-0.05, 0) is 41.8 Å². The van der Waals surface area contributed by atoms with E-state index in [9.17, 15) is 19.7 Å². The second kappa shape index (κ2) is 8.04. The van der Waals surface area contributed by atoms with E-state index in [4.69, 9.17) is 4.42 Å². The molecule has 3 aromatic carbocycles. The maximum atomic E-state index is 12.8. The molecule has 9 nitrogen and oxygen atoms in total. The van der Waals surface area contributed by atoms with Crippen LogP contribution in [0.15, 0.2) is 82.3 Å². The molecule has 0 spiro atoms. The molecule has 2 heterocycles. The average Bonchev–Trinajstić information content (AvgIpc) is 3.40. The van der Waals surface area contributed by atoms with E-state index < -0.39 is 10.8 Å². The molecule has 0 radical (unpaired) electrons. The van der Waals surface area contributed by atoms with Crippen LogP contribution >= 0.6 is 0 Å². The number of hydrogen-bond donors (Lipinski definition) is 1. The molecule has 0 fully saturated rings. The summed E-state index contributed by atoms with van der Waals surface area (Å²) in [6.07, 6.45) is 1.34. The number of amides is 2. The third kappa shape index (κ3) is 3.72. The number of non-ortho nitro benzene ring substituents is 1. The van der Waals surface area contributed by atoms with Crippen LogP contribution in [0, 0.1) is 10.1 Å². The van der Waals surface area contributed by atoms with Crippen molar-refractivity contribution in [2.45, 2.75) is 0 Å². The summed E-state index contributed by atoms with van der Waals surface area (Å²) in [4.78, 5) is 36.9. The van der Waals surface area contributed by atoms with Gasteiger partial charge in [0, 0.05) is 28.6 Å². The standard InChI is InChI=1S/C24H16N4O5/c29-22(14-27-20-6-2-4-16-3-1-5-19(23(16)20)24(27)30)26-25-13-18-11-12-21(33-18)15-7-9-17(10-8-15)28(31)32/h1-13H,14H2,(H,26,29)/b25-13+. The second-order valence-corrected chi connectivity index (χ2v) is 7.37. The van der Waals surface area contributed by atoms with Gasteiger partial charge < -0.3 is 4.42 Å². The number of carbonyl (C=O) groups is 2. The number of furan rings is 1. The minimum atomic E-state index is -0.471. The van der Waals surface area contributed by atoms with Crippen molar-refractivity contribution < 1.29 is 18.9 Å². The Morgan fingerprint density at radius 2 is 1.82 bits per heavy atom. The number of nitrogens with zero attached hydrogens (tertiary/aromatic N) is 3. The van der Waals surface area contributed by atoms with Crippen LogP contribution in [-0.4, -0.2) is 29.5 Å². The van der Waals surface area contributed by atoms with Crippen molar-refractivity contribution in [3.05, 3.63) is 94.2 Å². The molecule has 0 saturated carbocycles. The van der Waals surface area contributed by atoms with E-state index >= 15 is 0 Å². The molecular formula is C24H16N4O5. The summed E-state index contributed by atoms with van der Waals surface area (Å²) in [6, 6.07) is 20.4. The van der Waals surface area contributed by atoms with Crippen LogP contribution in [0.4, 0.5) is 11.4 Å². The summed E-state index contributed by atoms with van der Waals surface area (Å²) in [6.45, 7) is -0.170. The van der Waals surface area contributed by atoms with E-state index in [-0.39, 0.29) is 18.1 Å². The van der Waals surface area contributed by atoms with Gasteiger partial charge in [-0.3, -0.25) is 24.6 Å². The molecule has 2 amide bonds. The third-order valence-electron chi connectivity index (χ3n) is 5.32. The number of hydrogen-bond acceptors (Lipinski definition) is 6. The zero-order valence-electron chi connectivity index (χ0n) is 17.1. The Hall–Kier alpha value is -4.79. The zero-order chi connectivity index (χ0) is 22.9. The first-order chi connectivity index (χ1) is 16.0. The van der Waals surface area contributed by atoms with Crippen LogP contribution in [-0.2, 0) is 4.79 Å². The van der Waals surface area contributed by atoms with Crippen molar-refractivity contribution in [1.82, 2.24) is 5.43 Å². The first-order valence-corrected chi connectivity index (χ1v) is 10.0. The molecule has 0 atom stereocenters. The van der Waals surface area contributed by atoms with Gasteiger partial charge in [-0.2, -0.15) is 5.10 Å². The van der Waals surface area contributed by atoms with Crippen molar-refractivity contribution in [2.75, 3.05) is 11.4 Å². The number of nitrogens with one attached hydrogen (secondary N) is 1. The first-order valence-electron chi connectivity index (χ1n) is 10.0. The molecule has 5 rings (SSSR count). The van der Waals surface area contributed by atoms with Crippen LogP contribution in [0.2, 0.25) is 0 Å². The second-order valence-electron chi connectivity index (χ2n) is 7.37. The highest BCUT2D eigenvalue weighted by Crippen LogP contribution is 2.36. The number of carbonyl (C=O) groups excluding carboxylic acids is 2. The molecule has 4 aromatic rings. The highest BCUT2D eigenvalue weighted by atomic mass is 16.6. The maximum absolute atomic E-state index is 12.8. The zero-order valence-corrected chi connectivity index (χ0v) is 17.1. The fourth-order valence-electron chi connectivity index (χ4n) is 3.81. The predicted molar refractivity (Wildman–Crippen MR) is 122 cm³/mol. The van der Waals surface area contributed by atoms with Gasteiger partial charge in [0.2, 0.25) is 0 Å². The summed E-state index contributed by atoms with van der Waals surface area (Å²) in [5, 5.41) is 16.5. The SMILES string of the molecule is O=C(CN1C(=O)c2cccc3cccc1c23)N/N=C/c1ccc(-c2ccc([N+](=O)[O-])cc2)o1. The molecule has 0 aliphatic carbocycles. The molecule has 0 bridgehead atoms. The fraction of sp³-hybridized carbons (Fsp3) is 0.0417. The summed E-state index contributed by atoms with van der Waals surface area (Å²) in [5.74, 6) is 0.218. The molecule has 1 N–H and O–H groups in total. The van der Waals surface area contributed by atoms with Crippen molar-refractivity contribution in [3.63, 3.8) is 0 Å². The summed E-state index contributed by atoms with van der Waals surface area (Å²) >= 11 is 0. The normalized spacial score (nSPS) is 12.6. The van der Waals surface area contributed by atoms with Gasteiger partial charge in [0.15, 0.2) is 0 Å². The Kier molecular flexibility index (Phi) is 4.91. The van der Waals surface area contributed by atoms with E-state index in [2.05, 4.69) is 10.5 Å². The molecule has 1 aromatic heterocycles. The van der Waals surface area contributed by atoms with Crippen molar-refractivity contribution in [2.24, 2.45) is 5.10 Å². The highest BCUT2D eigenvalue weighted by molar-refractivity contribution is 6.26. The number of anilines is 1. The fourth-order valence-corrected chi connectivity index (χ4v) is 3.81. The maximum Gasteiger partial charge on any atom is 0.269 e. The number of benzene rings is 3. The summed E-state index contributed by atoms with van der Waals surface area (Å²) < 4.78 is 5.65. The molecule has 1 aliphatic rings. The average molecular weight is 440 g/mol. The van der Waals surface area contributed by atoms with Crippen LogP contribution < -0.4 is 10.3 Å². The largest absolute Gasteiger partial charge is 0.455 e. The number of nitro groups is 1. The molecule has 0 unspecified atom stereocenters. The molecule has 9 heteroatoms. The first kappa shape index (κ1) is 20.1. The monoisotopic (exact) mass is 440 g/mol. The summed E-state index contributed by atoms with van der Waals surface area (Å²) in [5.41, 5.74) is 4.35. The lowest BCUT2D eigenvalue weighted by Gasteiger charge is -2.16. The van der Waals surface area contributed by atoms with Crippen LogP contribution in [0.1, 0.15) is 16.1 Å². The Labute approximate surface area is 187 Å². The summed E-state index contributed by atoms with van der Waals surface area (Å²) in [7, 11) is 0. The van der Waals surface area contributed by atoms with Crippen molar-refractivity contribution >= 4 is 40.2 Å². The van der Waals surface area contributed by atoms with Gasteiger partial charge in [0.1, 0.15) is 18.1 Å². The molecule has 0 saturated heterocycles. The van der Waals surface area contributed by atoms with E-state index in [1.54, 1.807) is 30.3 Å². The third-order valence-corrected chi connectivity index (χ3v) is 5.32. The van der Waals surface area contributed by atoms with Gasteiger partial charge in [-0.1, -0.05) is 24.3 Å². The van der Waals surface area contributed by atoms with Gasteiger partial charge in [0.25, 0.3) is 17.5 Å². The number of hydrazone groups is 1. The van der Waals surface area contributed by atoms with E-state index in [0.29, 0.717) is 28.3 Å². The van der Waals surface area contributed by atoms with Crippen LogP contribution in [0.3, 0.4) is 0 Å². The van der Waals surface area contributed by atoms with E-state index in [1.165, 1.54) is 23.2 Å². The Bertz CT molecular complexity index is 1430. The Balaban J connectivity index is 1.23. The lowest BCUT2D eigenvalue weighted by molar-refractivity contribution is -0.384. The quantitative estimate of drug-likeness (QED) is 0.275. The smallest absolute Gasteiger partial charge is 0.269 e. The van der Waals surface area contributed by atoms with Gasteiger partial charge in [0.05, 0.1) is 16.8 Å². The predicted octanol–water partition coefficient (Wildman–Crippen LogP) is 4.12.